The van der Waals surface area contributed by atoms with Crippen LogP contribution >= 0.6 is 0 Å². The number of nitrogens with two attached hydrogens (primary N) is 1. The first-order valence-electron chi connectivity index (χ1n) is 10.4. The van der Waals surface area contributed by atoms with Crippen LogP contribution in [0.4, 0.5) is 22.9 Å². The number of aryl methyl sites for hydroxylation is 1. The Morgan fingerprint density at radius 3 is 2.69 bits per heavy atom. The Balaban J connectivity index is 1.65. The normalized spacial score (nSPS) is 12.0. The van der Waals surface area contributed by atoms with Gasteiger partial charge in [-0.05, 0) is 56.2 Å². The number of fused-ring (bicyclic) bond motifs is 1. The van der Waals surface area contributed by atoms with Crippen molar-refractivity contribution >= 4 is 40.0 Å². The van der Waals surface area contributed by atoms with Crippen molar-refractivity contribution in [2.45, 2.75) is 33.2 Å². The summed E-state index contributed by atoms with van der Waals surface area (Å²) in [7, 11) is 0. The first kappa shape index (κ1) is 21.1. The number of benzene rings is 1. The first-order valence-corrected chi connectivity index (χ1v) is 10.4. The predicted molar refractivity (Wildman–Crippen MR) is 126 cm³/mol. The smallest absolute Gasteiger partial charge is 0.327 e. The van der Waals surface area contributed by atoms with Crippen LogP contribution in [0.1, 0.15) is 42.2 Å². The molecule has 32 heavy (non-hydrogen) atoms. The van der Waals surface area contributed by atoms with Crippen molar-refractivity contribution in [1.29, 1.82) is 0 Å². The van der Waals surface area contributed by atoms with Gasteiger partial charge in [0, 0.05) is 35.4 Å². The Morgan fingerprint density at radius 1 is 1.16 bits per heavy atom. The quantitative estimate of drug-likeness (QED) is 0.365. The van der Waals surface area contributed by atoms with Crippen molar-refractivity contribution in [3.8, 4) is 0 Å². The summed E-state index contributed by atoms with van der Waals surface area (Å²) in [4.78, 5) is 36.3. The predicted octanol–water partition coefficient (Wildman–Crippen LogP) is 3.98. The molecule has 0 fully saturated rings. The number of hydrogen-bond acceptors (Lipinski definition) is 6. The minimum atomic E-state index is -0.282. The second kappa shape index (κ2) is 8.54. The van der Waals surface area contributed by atoms with Crippen LogP contribution in [0.15, 0.2) is 53.6 Å². The monoisotopic (exact) mass is 431 g/mol. The Morgan fingerprint density at radius 2 is 1.94 bits per heavy atom. The highest BCUT2D eigenvalue weighted by Gasteiger charge is 2.16. The van der Waals surface area contributed by atoms with Crippen LogP contribution in [0.3, 0.4) is 0 Å². The van der Waals surface area contributed by atoms with E-state index in [9.17, 15) is 9.59 Å². The van der Waals surface area contributed by atoms with Gasteiger partial charge in [0.2, 0.25) is 0 Å². The lowest BCUT2D eigenvalue weighted by Gasteiger charge is -2.14. The van der Waals surface area contributed by atoms with Crippen LogP contribution in [-0.2, 0) is 0 Å². The van der Waals surface area contributed by atoms with E-state index in [1.54, 1.807) is 16.8 Å². The number of carbonyl (C=O) groups is 1. The number of rotatable bonds is 6. The molecule has 1 unspecified atom stereocenters. The van der Waals surface area contributed by atoms with E-state index in [2.05, 4.69) is 25.6 Å². The molecule has 0 saturated heterocycles. The van der Waals surface area contributed by atoms with Gasteiger partial charge in [-0.1, -0.05) is 13.0 Å². The summed E-state index contributed by atoms with van der Waals surface area (Å²) in [6, 6.07) is 10.5. The zero-order valence-electron chi connectivity index (χ0n) is 18.1. The van der Waals surface area contributed by atoms with Crippen molar-refractivity contribution in [3.05, 3.63) is 70.4 Å². The number of nitrogens with zero attached hydrogens (tertiary/aromatic N) is 3. The lowest BCUT2D eigenvalue weighted by Crippen LogP contribution is -2.20. The molecule has 0 aliphatic heterocycles. The number of pyridine rings is 2. The highest BCUT2D eigenvalue weighted by atomic mass is 16.2. The Hall–Kier alpha value is -4.14. The number of hydrogen-bond donors (Lipinski definition) is 4. The highest BCUT2D eigenvalue weighted by Crippen LogP contribution is 2.28. The second-order valence-corrected chi connectivity index (χ2v) is 7.69. The molecule has 4 aromatic rings. The molecular formula is C23H25N7O2. The molecule has 0 aliphatic rings. The topological polar surface area (TPSA) is 131 Å². The molecule has 0 saturated carbocycles. The average Bonchev–Trinajstić information content (AvgIpc) is 3.12. The largest absolute Gasteiger partial charge is 0.384 e. The number of H-pyrrole nitrogens is 1. The van der Waals surface area contributed by atoms with E-state index in [0.717, 1.165) is 23.4 Å². The highest BCUT2D eigenvalue weighted by molar-refractivity contribution is 6.05. The number of carbonyl (C=O) groups excluding carboxylic acids is 1. The third kappa shape index (κ3) is 4.04. The number of amides is 1. The Labute approximate surface area is 184 Å². The second-order valence-electron chi connectivity index (χ2n) is 7.69. The van der Waals surface area contributed by atoms with Crippen LogP contribution < -0.4 is 22.1 Å². The van der Waals surface area contributed by atoms with Gasteiger partial charge in [-0.2, -0.15) is 0 Å². The van der Waals surface area contributed by atoms with Gasteiger partial charge in [-0.3, -0.25) is 9.36 Å². The van der Waals surface area contributed by atoms with Crippen LogP contribution in [0.25, 0.3) is 11.2 Å². The number of aromatic amines is 1. The molecule has 1 aromatic carbocycles. The maximum absolute atomic E-state index is 12.6. The fraction of sp³-hybridized carbons (Fsp3) is 0.217. The molecule has 0 bridgehead atoms. The lowest BCUT2D eigenvalue weighted by atomic mass is 10.1. The minimum Gasteiger partial charge on any atom is -0.384 e. The van der Waals surface area contributed by atoms with E-state index >= 15 is 0 Å². The summed E-state index contributed by atoms with van der Waals surface area (Å²) in [5, 5.41) is 6.25. The SMILES string of the molecule is CCC(C)n1c(=O)[nH]c2c(Nc3cc(NC(=O)c4ccnc(N)c4)ccc3C)ccnc21. The van der Waals surface area contributed by atoms with Gasteiger partial charge in [0.15, 0.2) is 5.65 Å². The zero-order valence-corrected chi connectivity index (χ0v) is 18.1. The molecule has 3 heterocycles. The van der Waals surface area contributed by atoms with Gasteiger partial charge < -0.3 is 21.4 Å². The van der Waals surface area contributed by atoms with Crippen LogP contribution in [-0.4, -0.2) is 25.4 Å². The van der Waals surface area contributed by atoms with E-state index in [1.165, 1.54) is 12.3 Å². The van der Waals surface area contributed by atoms with E-state index < -0.39 is 0 Å². The van der Waals surface area contributed by atoms with Crippen LogP contribution in [0.5, 0.6) is 0 Å². The van der Waals surface area contributed by atoms with Gasteiger partial charge >= 0.3 is 5.69 Å². The maximum atomic E-state index is 12.6. The van der Waals surface area contributed by atoms with Gasteiger partial charge in [-0.25, -0.2) is 14.8 Å². The lowest BCUT2D eigenvalue weighted by molar-refractivity contribution is 0.102. The Bertz CT molecular complexity index is 1360. The molecule has 164 valence electrons. The van der Waals surface area contributed by atoms with Crippen molar-refractivity contribution < 1.29 is 4.79 Å². The molecule has 0 radical (unpaired) electrons. The van der Waals surface area contributed by atoms with Crippen molar-refractivity contribution in [1.82, 2.24) is 19.5 Å². The van der Waals surface area contributed by atoms with E-state index in [1.807, 2.05) is 45.0 Å². The summed E-state index contributed by atoms with van der Waals surface area (Å²) in [5.41, 5.74) is 10.3. The minimum absolute atomic E-state index is 0.0292. The van der Waals surface area contributed by atoms with Gasteiger partial charge in [0.25, 0.3) is 5.91 Å². The molecule has 1 amide bonds. The van der Waals surface area contributed by atoms with Crippen molar-refractivity contribution in [2.24, 2.45) is 0 Å². The molecule has 0 spiro atoms. The number of imidazole rings is 1. The summed E-state index contributed by atoms with van der Waals surface area (Å²) >= 11 is 0. The average molecular weight is 432 g/mol. The molecule has 0 aliphatic carbocycles. The Kier molecular flexibility index (Phi) is 5.63. The van der Waals surface area contributed by atoms with Crippen LogP contribution in [0.2, 0.25) is 0 Å². The third-order valence-electron chi connectivity index (χ3n) is 5.45. The molecule has 5 N–H and O–H groups in total. The third-order valence-corrected chi connectivity index (χ3v) is 5.45. The number of anilines is 4. The van der Waals surface area contributed by atoms with E-state index in [0.29, 0.717) is 22.4 Å². The molecule has 4 rings (SSSR count). The fourth-order valence-electron chi connectivity index (χ4n) is 3.49. The number of aromatic nitrogens is 4. The summed E-state index contributed by atoms with van der Waals surface area (Å²) in [6.45, 7) is 5.98. The number of nitrogen functional groups attached to an aromatic ring is 1. The molecule has 3 aromatic heterocycles. The summed E-state index contributed by atoms with van der Waals surface area (Å²) in [5.74, 6) is -0.000833. The van der Waals surface area contributed by atoms with E-state index in [4.69, 9.17) is 5.73 Å². The number of nitrogens with one attached hydrogen (secondary N) is 3. The molecule has 9 nitrogen and oxygen atoms in total. The summed E-state index contributed by atoms with van der Waals surface area (Å²) < 4.78 is 1.67. The summed E-state index contributed by atoms with van der Waals surface area (Å²) in [6.07, 6.45) is 3.98. The molecule has 9 heteroatoms. The van der Waals surface area contributed by atoms with Gasteiger partial charge in [0.1, 0.15) is 11.3 Å². The molecular weight excluding hydrogens is 406 g/mol. The van der Waals surface area contributed by atoms with E-state index in [-0.39, 0.29) is 23.5 Å². The first-order chi connectivity index (χ1) is 15.4. The zero-order chi connectivity index (χ0) is 22.8. The van der Waals surface area contributed by atoms with Gasteiger partial charge in [0.05, 0.1) is 5.69 Å². The molecule has 1 atom stereocenters. The fourth-order valence-corrected chi connectivity index (χ4v) is 3.49. The van der Waals surface area contributed by atoms with Gasteiger partial charge in [-0.15, -0.1) is 0 Å². The van der Waals surface area contributed by atoms with Crippen LogP contribution in [0, 0.1) is 6.92 Å². The maximum Gasteiger partial charge on any atom is 0.327 e. The van der Waals surface area contributed by atoms with Crippen molar-refractivity contribution in [2.75, 3.05) is 16.4 Å². The van der Waals surface area contributed by atoms with Crippen molar-refractivity contribution in [3.63, 3.8) is 0 Å². The standard InChI is InChI=1S/C23H25N7O2/c1-4-14(3)30-21-20(29-23(30)32)17(8-10-26-21)28-18-12-16(6-5-13(18)2)27-22(31)15-7-9-25-19(24)11-15/h5-12,14H,4H2,1-3H3,(H2,24,25)(H,26,28)(H,27,31)(H,29,32).